The van der Waals surface area contributed by atoms with E-state index in [0.29, 0.717) is 12.4 Å². The number of carbonyl (C=O) groups excluding carboxylic acids is 1. The summed E-state index contributed by atoms with van der Waals surface area (Å²) in [6.45, 7) is 6.50. The molecule has 2 aromatic rings. The fourth-order valence-corrected chi connectivity index (χ4v) is 3.15. The quantitative estimate of drug-likeness (QED) is 0.273. The van der Waals surface area contributed by atoms with E-state index >= 15 is 0 Å². The first-order valence-corrected chi connectivity index (χ1v) is 11.0. The van der Waals surface area contributed by atoms with E-state index in [4.69, 9.17) is 9.47 Å². The summed E-state index contributed by atoms with van der Waals surface area (Å²) in [5.74, 6) is 1.31. The van der Waals surface area contributed by atoms with Crippen LogP contribution in [0.1, 0.15) is 25.7 Å². The van der Waals surface area contributed by atoms with Crippen LogP contribution in [-0.2, 0) is 0 Å². The molecule has 0 radical (unpaired) electrons. The van der Waals surface area contributed by atoms with E-state index in [1.165, 1.54) is 17.7 Å². The van der Waals surface area contributed by atoms with E-state index in [1.54, 1.807) is 19.2 Å². The molecule has 0 heterocycles. The van der Waals surface area contributed by atoms with E-state index in [9.17, 15) is 4.79 Å². The minimum Gasteiger partial charge on any atom is -0.494 e. The number of anilines is 1. The van der Waals surface area contributed by atoms with Crippen molar-refractivity contribution in [1.29, 1.82) is 0 Å². The Bertz CT molecular complexity index is 778. The minimum atomic E-state index is -0.440. The molecule has 0 saturated heterocycles. The lowest BCUT2D eigenvalue weighted by Crippen LogP contribution is -2.29. The van der Waals surface area contributed by atoms with Crippen molar-refractivity contribution in [3.63, 3.8) is 0 Å². The third kappa shape index (κ3) is 8.59. The summed E-state index contributed by atoms with van der Waals surface area (Å²) in [6.07, 6.45) is 6.08. The number of benzene rings is 2. The van der Waals surface area contributed by atoms with Crippen molar-refractivity contribution >= 4 is 27.7 Å². The average molecular weight is 475 g/mol. The number of nitrogens with zero attached hydrogens (tertiary/aromatic N) is 2. The molecule has 0 aliphatic heterocycles. The molecule has 30 heavy (non-hydrogen) atoms. The maximum Gasteiger partial charge on any atom is 0.419 e. The Hall–Kier alpha value is -2.31. The molecule has 5 nitrogen and oxygen atoms in total. The van der Waals surface area contributed by atoms with Crippen molar-refractivity contribution in [3.8, 4) is 11.5 Å². The summed E-state index contributed by atoms with van der Waals surface area (Å²) in [4.78, 5) is 16.1. The van der Waals surface area contributed by atoms with Gasteiger partial charge in [0, 0.05) is 23.8 Å². The second kappa shape index (κ2) is 13.1. The molecule has 0 aromatic heterocycles. The van der Waals surface area contributed by atoms with Gasteiger partial charge in [0.2, 0.25) is 0 Å². The summed E-state index contributed by atoms with van der Waals surface area (Å²) >= 11 is 3.36. The molecular formula is C24H31BrN2O3. The molecule has 6 heteroatoms. The second-order valence-electron chi connectivity index (χ2n) is 7.19. The van der Waals surface area contributed by atoms with Gasteiger partial charge in [0.05, 0.1) is 6.61 Å². The van der Waals surface area contributed by atoms with Crippen LogP contribution in [0.2, 0.25) is 0 Å². The highest BCUT2D eigenvalue weighted by atomic mass is 79.9. The number of likely N-dealkylation sites (N-methyl/N-ethyl adjacent to an activating group) is 1. The van der Waals surface area contributed by atoms with Crippen LogP contribution in [0.4, 0.5) is 10.5 Å². The zero-order valence-corrected chi connectivity index (χ0v) is 19.4. The average Bonchev–Trinajstić information content (AvgIpc) is 2.74. The third-order valence-electron chi connectivity index (χ3n) is 4.66. The number of ether oxygens (including phenoxy) is 2. The molecule has 0 aliphatic rings. The molecular weight excluding hydrogens is 444 g/mol. The van der Waals surface area contributed by atoms with Crippen LogP contribution in [0, 0.1) is 0 Å². The van der Waals surface area contributed by atoms with Gasteiger partial charge >= 0.3 is 6.09 Å². The van der Waals surface area contributed by atoms with Crippen LogP contribution < -0.4 is 14.4 Å². The van der Waals surface area contributed by atoms with Gasteiger partial charge in [-0.25, -0.2) is 4.79 Å². The Morgan fingerprint density at radius 1 is 0.967 bits per heavy atom. The number of amides is 1. The van der Waals surface area contributed by atoms with Gasteiger partial charge < -0.3 is 14.4 Å². The molecule has 2 aromatic carbocycles. The third-order valence-corrected chi connectivity index (χ3v) is 5.19. The summed E-state index contributed by atoms with van der Waals surface area (Å²) in [6, 6.07) is 14.6. The van der Waals surface area contributed by atoms with Crippen molar-refractivity contribution in [1.82, 2.24) is 4.90 Å². The first kappa shape index (κ1) is 24.0. The lowest BCUT2D eigenvalue weighted by Gasteiger charge is -2.17. The molecule has 0 aliphatic carbocycles. The van der Waals surface area contributed by atoms with E-state index in [2.05, 4.69) is 34.5 Å². The fraction of sp³-hybridized carbons (Fsp3) is 0.375. The van der Waals surface area contributed by atoms with E-state index in [0.717, 1.165) is 41.8 Å². The van der Waals surface area contributed by atoms with Gasteiger partial charge in [-0.1, -0.05) is 34.8 Å². The predicted molar refractivity (Wildman–Crippen MR) is 127 cm³/mol. The van der Waals surface area contributed by atoms with Crippen LogP contribution in [0.3, 0.4) is 0 Å². The Kier molecular flexibility index (Phi) is 10.5. The highest BCUT2D eigenvalue weighted by Gasteiger charge is 2.13. The van der Waals surface area contributed by atoms with Gasteiger partial charge in [-0.05, 0) is 75.0 Å². The van der Waals surface area contributed by atoms with Gasteiger partial charge in [0.25, 0.3) is 0 Å². The summed E-state index contributed by atoms with van der Waals surface area (Å²) in [5.41, 5.74) is 0.744. The van der Waals surface area contributed by atoms with E-state index < -0.39 is 6.09 Å². The van der Waals surface area contributed by atoms with Gasteiger partial charge in [0.15, 0.2) is 0 Å². The largest absolute Gasteiger partial charge is 0.494 e. The maximum atomic E-state index is 12.3. The molecule has 162 valence electrons. The molecule has 2 rings (SSSR count). The molecule has 0 atom stereocenters. The number of unbranched alkanes of at least 4 members (excludes halogenated alkanes) is 3. The Morgan fingerprint density at radius 3 is 2.27 bits per heavy atom. The van der Waals surface area contributed by atoms with Crippen LogP contribution in [-0.4, -0.2) is 44.8 Å². The Morgan fingerprint density at radius 2 is 1.60 bits per heavy atom. The molecule has 1 amide bonds. The number of hydrogen-bond acceptors (Lipinski definition) is 4. The van der Waals surface area contributed by atoms with Gasteiger partial charge in [0.1, 0.15) is 11.5 Å². The van der Waals surface area contributed by atoms with Crippen LogP contribution in [0.15, 0.2) is 65.7 Å². The fourth-order valence-electron chi connectivity index (χ4n) is 2.88. The van der Waals surface area contributed by atoms with Crippen molar-refractivity contribution in [3.05, 3.63) is 65.7 Å². The summed E-state index contributed by atoms with van der Waals surface area (Å²) in [5, 5.41) is 0. The predicted octanol–water partition coefficient (Wildman–Crippen LogP) is 6.14. The second-order valence-corrected chi connectivity index (χ2v) is 8.10. The minimum absolute atomic E-state index is 0.440. The molecule has 0 saturated carbocycles. The first-order chi connectivity index (χ1) is 14.5. The van der Waals surface area contributed by atoms with Crippen molar-refractivity contribution < 1.29 is 14.3 Å². The van der Waals surface area contributed by atoms with E-state index in [1.807, 2.05) is 42.5 Å². The lowest BCUT2D eigenvalue weighted by molar-refractivity contribution is 0.209. The number of hydrogen-bond donors (Lipinski definition) is 0. The highest BCUT2D eigenvalue weighted by molar-refractivity contribution is 9.10. The smallest absolute Gasteiger partial charge is 0.419 e. The summed E-state index contributed by atoms with van der Waals surface area (Å²) < 4.78 is 12.1. The molecule has 0 spiro atoms. The van der Waals surface area contributed by atoms with Crippen LogP contribution in [0.5, 0.6) is 11.5 Å². The number of halogens is 1. The monoisotopic (exact) mass is 474 g/mol. The highest BCUT2D eigenvalue weighted by Crippen LogP contribution is 2.21. The maximum absolute atomic E-state index is 12.3. The van der Waals surface area contributed by atoms with Crippen LogP contribution >= 0.6 is 15.9 Å². The normalized spacial score (nSPS) is 10.7. The SMILES string of the molecule is C=CCN(C)CCCCCCOc1ccc(N(C)C(=O)Oc2ccc(Br)cc2)cc1. The van der Waals surface area contributed by atoms with Crippen LogP contribution in [0.25, 0.3) is 0 Å². The zero-order valence-electron chi connectivity index (χ0n) is 17.9. The number of carbonyl (C=O) groups is 1. The Labute approximate surface area is 188 Å². The zero-order chi connectivity index (χ0) is 21.8. The first-order valence-electron chi connectivity index (χ1n) is 10.2. The van der Waals surface area contributed by atoms with Crippen molar-refractivity contribution in [2.75, 3.05) is 38.7 Å². The molecule has 0 unspecified atom stereocenters. The lowest BCUT2D eigenvalue weighted by atomic mass is 10.2. The van der Waals surface area contributed by atoms with Gasteiger partial charge in [-0.2, -0.15) is 0 Å². The van der Waals surface area contributed by atoms with Crippen molar-refractivity contribution in [2.45, 2.75) is 25.7 Å². The van der Waals surface area contributed by atoms with E-state index in [-0.39, 0.29) is 0 Å². The molecule has 0 fully saturated rings. The van der Waals surface area contributed by atoms with Gasteiger partial charge in [-0.15, -0.1) is 6.58 Å². The van der Waals surface area contributed by atoms with Gasteiger partial charge in [-0.3, -0.25) is 4.90 Å². The molecule has 0 bridgehead atoms. The standard InChI is InChI=1S/C24H31BrN2O3/c1-4-17-26(2)18-7-5-6-8-19-29-22-15-11-21(12-16-22)27(3)24(28)30-23-13-9-20(25)10-14-23/h4,9-16H,1,5-8,17-19H2,2-3H3. The molecule has 0 N–H and O–H groups in total. The topological polar surface area (TPSA) is 42.0 Å². The Balaban J connectivity index is 1.68. The number of rotatable bonds is 12. The summed E-state index contributed by atoms with van der Waals surface area (Å²) in [7, 11) is 3.80. The van der Waals surface area contributed by atoms with Crippen molar-refractivity contribution in [2.24, 2.45) is 0 Å².